The number of sulfonamides is 1. The largest absolute Gasteiger partial charge is 0.494 e. The number of rotatable bonds is 13. The topological polar surface area (TPSA) is 96.0 Å². The fraction of sp³-hybridized carbons (Fsp3) is 0.310. The Kier molecular flexibility index (Phi) is 10.9. The highest BCUT2D eigenvalue weighted by Crippen LogP contribution is 2.26. The average Bonchev–Trinajstić information content (AvgIpc) is 2.94. The van der Waals surface area contributed by atoms with Crippen molar-refractivity contribution in [3.8, 4) is 5.75 Å². The average molecular weight is 590 g/mol. The second-order valence-corrected chi connectivity index (χ2v) is 11.3. The van der Waals surface area contributed by atoms with Crippen molar-refractivity contribution in [2.24, 2.45) is 0 Å². The molecule has 0 fully saturated rings. The van der Waals surface area contributed by atoms with Gasteiger partial charge < -0.3 is 15.0 Å². The van der Waals surface area contributed by atoms with Crippen molar-refractivity contribution >= 4 is 39.1 Å². The first-order valence-corrected chi connectivity index (χ1v) is 14.7. The van der Waals surface area contributed by atoms with Crippen molar-refractivity contribution in [3.05, 3.63) is 89.2 Å². The van der Waals surface area contributed by atoms with Crippen LogP contribution < -0.4 is 14.4 Å². The molecule has 1 atom stereocenters. The molecule has 1 N–H and O–H groups in total. The Morgan fingerprint density at radius 3 is 2.30 bits per heavy atom. The minimum atomic E-state index is -4.28. The van der Waals surface area contributed by atoms with E-state index in [1.54, 1.807) is 31.2 Å². The maximum atomic E-state index is 13.8. The van der Waals surface area contributed by atoms with E-state index >= 15 is 0 Å². The summed E-state index contributed by atoms with van der Waals surface area (Å²) in [6.45, 7) is 5.52. The molecular weight excluding hydrogens is 557 g/mol. The van der Waals surface area contributed by atoms with Gasteiger partial charge in [-0.3, -0.25) is 13.9 Å². The van der Waals surface area contributed by atoms with Crippen LogP contribution in [0.4, 0.5) is 10.1 Å². The summed E-state index contributed by atoms with van der Waals surface area (Å²) in [5, 5.41) is 3.24. The van der Waals surface area contributed by atoms with Crippen molar-refractivity contribution < 1.29 is 27.1 Å². The molecule has 0 aliphatic carbocycles. The smallest absolute Gasteiger partial charge is 0.264 e. The Labute approximate surface area is 239 Å². The molecular formula is C29H33ClFN3O5S. The highest BCUT2D eigenvalue weighted by molar-refractivity contribution is 7.92. The molecule has 0 heterocycles. The minimum Gasteiger partial charge on any atom is -0.494 e. The molecule has 2 amide bonds. The van der Waals surface area contributed by atoms with Gasteiger partial charge in [0.1, 0.15) is 24.2 Å². The van der Waals surface area contributed by atoms with Crippen molar-refractivity contribution in [2.45, 2.75) is 44.7 Å². The lowest BCUT2D eigenvalue weighted by molar-refractivity contribution is -0.139. The summed E-state index contributed by atoms with van der Waals surface area (Å²) in [5.41, 5.74) is 0.758. The lowest BCUT2D eigenvalue weighted by atomic mass is 10.1. The van der Waals surface area contributed by atoms with E-state index in [-0.39, 0.29) is 23.0 Å². The van der Waals surface area contributed by atoms with Gasteiger partial charge in [0.05, 0.1) is 17.2 Å². The van der Waals surface area contributed by atoms with Gasteiger partial charge in [-0.05, 0) is 86.5 Å². The summed E-state index contributed by atoms with van der Waals surface area (Å²) >= 11 is 6.14. The molecule has 0 radical (unpaired) electrons. The van der Waals surface area contributed by atoms with Gasteiger partial charge in [-0.1, -0.05) is 30.7 Å². The summed E-state index contributed by atoms with van der Waals surface area (Å²) in [5.74, 6) is -1.07. The summed E-state index contributed by atoms with van der Waals surface area (Å²) < 4.78 is 47.7. The predicted octanol–water partition coefficient (Wildman–Crippen LogP) is 5.02. The van der Waals surface area contributed by atoms with Gasteiger partial charge in [-0.25, -0.2) is 12.8 Å². The molecule has 214 valence electrons. The van der Waals surface area contributed by atoms with E-state index in [2.05, 4.69) is 5.32 Å². The molecule has 0 unspecified atom stereocenters. The number of carbonyl (C=O) groups excluding carboxylic acids is 2. The van der Waals surface area contributed by atoms with E-state index in [9.17, 15) is 22.4 Å². The molecule has 0 bridgehead atoms. The van der Waals surface area contributed by atoms with Crippen LogP contribution in [0.25, 0.3) is 0 Å². The lowest BCUT2D eigenvalue weighted by Gasteiger charge is -2.32. The lowest BCUT2D eigenvalue weighted by Crippen LogP contribution is -2.51. The Balaban J connectivity index is 2.01. The Morgan fingerprint density at radius 1 is 1.02 bits per heavy atom. The molecule has 3 aromatic rings. The van der Waals surface area contributed by atoms with Crippen LogP contribution in [0.15, 0.2) is 77.7 Å². The van der Waals surface area contributed by atoms with E-state index in [1.165, 1.54) is 41.3 Å². The van der Waals surface area contributed by atoms with Gasteiger partial charge in [0.15, 0.2) is 0 Å². The van der Waals surface area contributed by atoms with Gasteiger partial charge in [0.2, 0.25) is 11.8 Å². The van der Waals surface area contributed by atoms with E-state index in [0.29, 0.717) is 35.9 Å². The molecule has 0 saturated carbocycles. The summed E-state index contributed by atoms with van der Waals surface area (Å²) in [4.78, 5) is 27.9. The van der Waals surface area contributed by atoms with Gasteiger partial charge in [-0.2, -0.15) is 0 Å². The predicted molar refractivity (Wildman–Crippen MR) is 153 cm³/mol. The monoisotopic (exact) mass is 589 g/mol. The Bertz CT molecular complexity index is 1400. The molecule has 0 aliphatic heterocycles. The molecule has 3 rings (SSSR count). The van der Waals surface area contributed by atoms with E-state index in [4.69, 9.17) is 16.3 Å². The quantitative estimate of drug-likeness (QED) is 0.302. The molecule has 0 saturated heterocycles. The fourth-order valence-corrected chi connectivity index (χ4v) is 5.58. The third-order valence-corrected chi connectivity index (χ3v) is 8.10. The zero-order chi connectivity index (χ0) is 29.3. The number of halogens is 2. The van der Waals surface area contributed by atoms with Crippen LogP contribution in [0.3, 0.4) is 0 Å². The number of benzene rings is 3. The second kappa shape index (κ2) is 14.1. The van der Waals surface area contributed by atoms with E-state index in [0.717, 1.165) is 16.4 Å². The zero-order valence-corrected chi connectivity index (χ0v) is 24.2. The third-order valence-electron chi connectivity index (χ3n) is 6.07. The van der Waals surface area contributed by atoms with Gasteiger partial charge in [-0.15, -0.1) is 0 Å². The molecule has 3 aromatic carbocycles. The maximum absolute atomic E-state index is 13.8. The van der Waals surface area contributed by atoms with Crippen LogP contribution in [0, 0.1) is 5.82 Å². The summed E-state index contributed by atoms with van der Waals surface area (Å²) in [6.07, 6.45) is 0.708. The third kappa shape index (κ3) is 7.95. The summed E-state index contributed by atoms with van der Waals surface area (Å²) in [6, 6.07) is 16.5. The SMILES string of the molecule is CCCNC(=O)[C@@H](C)N(Cc1cccc(Cl)c1)C(=O)CN(c1ccc(F)cc1)S(=O)(=O)c1ccc(OCC)cc1. The minimum absolute atomic E-state index is 0.0143. The highest BCUT2D eigenvalue weighted by atomic mass is 35.5. The number of nitrogens with zero attached hydrogens (tertiary/aromatic N) is 2. The molecule has 8 nitrogen and oxygen atoms in total. The van der Waals surface area contributed by atoms with Crippen molar-refractivity contribution in [1.82, 2.24) is 10.2 Å². The van der Waals surface area contributed by atoms with Gasteiger partial charge in [0, 0.05) is 18.1 Å². The number of carbonyl (C=O) groups is 2. The van der Waals surface area contributed by atoms with Crippen molar-refractivity contribution in [1.29, 1.82) is 0 Å². The van der Waals surface area contributed by atoms with Crippen LogP contribution in [0.1, 0.15) is 32.8 Å². The number of nitrogens with one attached hydrogen (secondary N) is 1. The van der Waals surface area contributed by atoms with E-state index < -0.39 is 34.3 Å². The highest BCUT2D eigenvalue weighted by Gasteiger charge is 2.32. The molecule has 11 heteroatoms. The number of hydrogen-bond acceptors (Lipinski definition) is 5. The van der Waals surface area contributed by atoms with Crippen molar-refractivity contribution in [2.75, 3.05) is 24.0 Å². The van der Waals surface area contributed by atoms with E-state index in [1.807, 2.05) is 13.8 Å². The number of hydrogen-bond donors (Lipinski definition) is 1. The first-order chi connectivity index (χ1) is 19.1. The number of amides is 2. The molecule has 0 spiro atoms. The molecule has 0 aromatic heterocycles. The van der Waals surface area contributed by atoms with Crippen molar-refractivity contribution in [3.63, 3.8) is 0 Å². The first-order valence-electron chi connectivity index (χ1n) is 12.9. The number of ether oxygens (including phenoxy) is 1. The van der Waals surface area contributed by atoms with Gasteiger partial charge in [0.25, 0.3) is 10.0 Å². The van der Waals surface area contributed by atoms with Crippen LogP contribution >= 0.6 is 11.6 Å². The normalized spacial score (nSPS) is 11.9. The standard InChI is InChI=1S/C29H33ClFN3O5S/c1-4-17-32-29(36)21(3)33(19-22-7-6-8-23(30)18-22)28(35)20-34(25-11-9-24(31)10-12-25)40(37,38)27-15-13-26(14-16-27)39-5-2/h6-16,18,21H,4-5,17,19-20H2,1-3H3,(H,32,36)/t21-/m1/s1. The van der Waals surface area contributed by atoms with Crippen LogP contribution in [-0.4, -0.2) is 50.9 Å². The zero-order valence-electron chi connectivity index (χ0n) is 22.6. The molecule has 40 heavy (non-hydrogen) atoms. The maximum Gasteiger partial charge on any atom is 0.264 e. The first kappa shape index (κ1) is 30.9. The number of anilines is 1. The molecule has 0 aliphatic rings. The fourth-order valence-electron chi connectivity index (χ4n) is 3.95. The van der Waals surface area contributed by atoms with Crippen LogP contribution in [-0.2, 0) is 26.2 Å². The summed E-state index contributed by atoms with van der Waals surface area (Å²) in [7, 11) is -4.28. The van der Waals surface area contributed by atoms with Crippen LogP contribution in [0.2, 0.25) is 5.02 Å². The Hall–Kier alpha value is -3.63. The Morgan fingerprint density at radius 2 is 1.70 bits per heavy atom. The second-order valence-electron chi connectivity index (χ2n) is 9.01. The van der Waals surface area contributed by atoms with Gasteiger partial charge >= 0.3 is 0 Å². The van der Waals surface area contributed by atoms with Crippen LogP contribution in [0.5, 0.6) is 5.75 Å².